The predicted molar refractivity (Wildman–Crippen MR) is 127 cm³/mol. The van der Waals surface area contributed by atoms with Gasteiger partial charge in [-0.2, -0.15) is 0 Å². The molecule has 152 valence electrons. The Morgan fingerprint density at radius 2 is 1.77 bits per heavy atom. The molecule has 2 N–H and O–H groups in total. The van der Waals surface area contributed by atoms with Crippen LogP contribution in [0.4, 0.5) is 11.4 Å². The highest BCUT2D eigenvalue weighted by atomic mass is 32.1. The highest BCUT2D eigenvalue weighted by molar-refractivity contribution is 7.16. The molecule has 3 aromatic carbocycles. The van der Waals surface area contributed by atoms with Gasteiger partial charge in [-0.1, -0.05) is 36.4 Å². The van der Waals surface area contributed by atoms with Gasteiger partial charge in [-0.25, -0.2) is 4.98 Å². The van der Waals surface area contributed by atoms with Crippen LogP contribution in [0.2, 0.25) is 0 Å². The highest BCUT2D eigenvalue weighted by Crippen LogP contribution is 2.28. The number of amides is 1. The SMILES string of the molecule is O=C(Cc1ccc2nccc(Nc3ccc4scnc4c3)c2c1)NCc1ccccc1. The Labute approximate surface area is 183 Å². The topological polar surface area (TPSA) is 66.9 Å². The summed E-state index contributed by atoms with van der Waals surface area (Å²) in [6.45, 7) is 0.528. The first-order valence-electron chi connectivity index (χ1n) is 10.0. The van der Waals surface area contributed by atoms with Crippen LogP contribution in [0.1, 0.15) is 11.1 Å². The van der Waals surface area contributed by atoms with E-state index >= 15 is 0 Å². The lowest BCUT2D eigenvalue weighted by atomic mass is 10.1. The van der Waals surface area contributed by atoms with Crippen molar-refractivity contribution >= 4 is 49.7 Å². The zero-order valence-corrected chi connectivity index (χ0v) is 17.5. The molecular weight excluding hydrogens is 404 g/mol. The lowest BCUT2D eigenvalue weighted by Gasteiger charge is -2.11. The smallest absolute Gasteiger partial charge is 0.224 e. The van der Waals surface area contributed by atoms with E-state index in [9.17, 15) is 4.79 Å². The van der Waals surface area contributed by atoms with E-state index in [2.05, 4.69) is 26.7 Å². The Morgan fingerprint density at radius 3 is 2.68 bits per heavy atom. The first kappa shape index (κ1) is 19.2. The largest absolute Gasteiger partial charge is 0.355 e. The molecule has 0 atom stereocenters. The van der Waals surface area contributed by atoms with E-state index in [4.69, 9.17) is 0 Å². The first-order chi connectivity index (χ1) is 15.2. The summed E-state index contributed by atoms with van der Waals surface area (Å²) >= 11 is 1.63. The van der Waals surface area contributed by atoms with Crippen LogP contribution >= 0.6 is 11.3 Å². The number of aromatic nitrogens is 2. The minimum atomic E-state index is -0.00409. The fraction of sp³-hybridized carbons (Fsp3) is 0.0800. The summed E-state index contributed by atoms with van der Waals surface area (Å²) in [7, 11) is 0. The molecule has 0 unspecified atom stereocenters. The molecule has 5 aromatic rings. The number of nitrogens with zero attached hydrogens (tertiary/aromatic N) is 2. The molecule has 5 nitrogen and oxygen atoms in total. The highest BCUT2D eigenvalue weighted by Gasteiger charge is 2.08. The fourth-order valence-electron chi connectivity index (χ4n) is 3.55. The summed E-state index contributed by atoms with van der Waals surface area (Å²) in [5.41, 5.74) is 7.66. The van der Waals surface area contributed by atoms with Crippen molar-refractivity contribution in [3.63, 3.8) is 0 Å². The normalized spacial score (nSPS) is 11.0. The van der Waals surface area contributed by atoms with Gasteiger partial charge in [0.2, 0.25) is 5.91 Å². The molecule has 0 bridgehead atoms. The Morgan fingerprint density at radius 1 is 0.871 bits per heavy atom. The van der Waals surface area contributed by atoms with E-state index in [0.717, 1.165) is 43.6 Å². The molecule has 0 aliphatic heterocycles. The maximum Gasteiger partial charge on any atom is 0.224 e. The van der Waals surface area contributed by atoms with Crippen molar-refractivity contribution < 1.29 is 4.79 Å². The average molecular weight is 425 g/mol. The lowest BCUT2D eigenvalue weighted by Crippen LogP contribution is -2.24. The van der Waals surface area contributed by atoms with Crippen LogP contribution in [0.5, 0.6) is 0 Å². The second-order valence-electron chi connectivity index (χ2n) is 7.31. The number of nitrogens with one attached hydrogen (secondary N) is 2. The van der Waals surface area contributed by atoms with E-state index in [0.29, 0.717) is 13.0 Å². The van der Waals surface area contributed by atoms with Crippen LogP contribution in [0, 0.1) is 0 Å². The van der Waals surface area contributed by atoms with E-state index in [1.165, 1.54) is 0 Å². The molecule has 0 aliphatic carbocycles. The van der Waals surface area contributed by atoms with E-state index < -0.39 is 0 Å². The van der Waals surface area contributed by atoms with Gasteiger partial charge in [-0.05, 0) is 47.5 Å². The third-order valence-electron chi connectivity index (χ3n) is 5.11. The molecule has 1 amide bonds. The summed E-state index contributed by atoms with van der Waals surface area (Å²) in [5, 5.41) is 7.45. The molecule has 0 fully saturated rings. The van der Waals surface area contributed by atoms with Crippen molar-refractivity contribution in [2.24, 2.45) is 0 Å². The third kappa shape index (κ3) is 4.39. The number of hydrogen-bond acceptors (Lipinski definition) is 5. The van der Waals surface area contributed by atoms with Crippen molar-refractivity contribution in [1.82, 2.24) is 15.3 Å². The summed E-state index contributed by atoms with van der Waals surface area (Å²) in [6, 6.07) is 24.0. The monoisotopic (exact) mass is 424 g/mol. The number of pyridine rings is 1. The molecule has 0 saturated carbocycles. The van der Waals surface area contributed by atoms with E-state index in [-0.39, 0.29) is 5.91 Å². The number of thiazole rings is 1. The summed E-state index contributed by atoms with van der Waals surface area (Å²) in [6.07, 6.45) is 2.11. The van der Waals surface area contributed by atoms with Gasteiger partial charge in [0.05, 0.1) is 27.7 Å². The second-order valence-corrected chi connectivity index (χ2v) is 8.20. The molecule has 0 radical (unpaired) electrons. The summed E-state index contributed by atoms with van der Waals surface area (Å²) in [5.74, 6) is -0.00409. The minimum Gasteiger partial charge on any atom is -0.355 e. The second kappa shape index (κ2) is 8.53. The van der Waals surface area contributed by atoms with Crippen LogP contribution in [-0.4, -0.2) is 15.9 Å². The maximum atomic E-state index is 12.4. The Kier molecular flexibility index (Phi) is 5.29. The molecule has 2 aromatic heterocycles. The number of benzene rings is 3. The number of carbonyl (C=O) groups is 1. The zero-order valence-electron chi connectivity index (χ0n) is 16.7. The first-order valence-corrected chi connectivity index (χ1v) is 10.9. The van der Waals surface area contributed by atoms with Crippen molar-refractivity contribution in [3.05, 3.63) is 95.6 Å². The maximum absolute atomic E-state index is 12.4. The zero-order chi connectivity index (χ0) is 21.0. The van der Waals surface area contributed by atoms with Crippen molar-refractivity contribution in [3.8, 4) is 0 Å². The van der Waals surface area contributed by atoms with Crippen LogP contribution in [0.15, 0.2) is 84.5 Å². The molecule has 0 saturated heterocycles. The van der Waals surface area contributed by atoms with Gasteiger partial charge in [0.25, 0.3) is 0 Å². The molecule has 6 heteroatoms. The minimum absolute atomic E-state index is 0.00409. The standard InChI is InChI=1S/C25H20N4OS/c30-25(27-15-17-4-2-1-3-5-17)13-18-6-8-21-20(12-18)22(10-11-26-21)29-19-7-9-24-23(14-19)28-16-31-24/h1-12,14,16H,13,15H2,(H,26,29)(H,27,30). The number of rotatable bonds is 6. The summed E-state index contributed by atoms with van der Waals surface area (Å²) in [4.78, 5) is 21.3. The molecule has 31 heavy (non-hydrogen) atoms. The quantitative estimate of drug-likeness (QED) is 0.381. The van der Waals surface area contributed by atoms with Gasteiger partial charge in [-0.15, -0.1) is 11.3 Å². The number of anilines is 2. The lowest BCUT2D eigenvalue weighted by molar-refractivity contribution is -0.120. The molecular formula is C25H20N4OS. The molecule has 0 spiro atoms. The van der Waals surface area contributed by atoms with Crippen molar-refractivity contribution in [2.75, 3.05) is 5.32 Å². The van der Waals surface area contributed by atoms with Crippen molar-refractivity contribution in [1.29, 1.82) is 0 Å². The van der Waals surface area contributed by atoms with Gasteiger partial charge >= 0.3 is 0 Å². The Balaban J connectivity index is 1.35. The van der Waals surface area contributed by atoms with E-state index in [1.54, 1.807) is 17.5 Å². The molecule has 5 rings (SSSR count). The average Bonchev–Trinajstić information content (AvgIpc) is 3.27. The van der Waals surface area contributed by atoms with Gasteiger partial charge in [0.1, 0.15) is 0 Å². The Bertz CT molecular complexity index is 1360. The van der Waals surface area contributed by atoms with Crippen LogP contribution in [0.25, 0.3) is 21.1 Å². The molecule has 0 aliphatic rings. The van der Waals surface area contributed by atoms with Gasteiger partial charge < -0.3 is 10.6 Å². The number of carbonyl (C=O) groups excluding carboxylic acids is 1. The molecule has 2 heterocycles. The van der Waals surface area contributed by atoms with Crippen LogP contribution in [0.3, 0.4) is 0 Å². The van der Waals surface area contributed by atoms with Gasteiger partial charge in [-0.3, -0.25) is 9.78 Å². The fourth-order valence-corrected chi connectivity index (χ4v) is 4.21. The van der Waals surface area contributed by atoms with Gasteiger partial charge in [0.15, 0.2) is 0 Å². The number of fused-ring (bicyclic) bond motifs is 2. The van der Waals surface area contributed by atoms with Crippen LogP contribution < -0.4 is 10.6 Å². The van der Waals surface area contributed by atoms with Crippen LogP contribution in [-0.2, 0) is 17.8 Å². The van der Waals surface area contributed by atoms with E-state index in [1.807, 2.05) is 72.2 Å². The number of hydrogen-bond donors (Lipinski definition) is 2. The van der Waals surface area contributed by atoms with Crippen molar-refractivity contribution in [2.45, 2.75) is 13.0 Å². The summed E-state index contributed by atoms with van der Waals surface area (Å²) < 4.78 is 1.16. The Hall–Kier alpha value is -3.77. The third-order valence-corrected chi connectivity index (χ3v) is 5.92. The predicted octanol–water partition coefficient (Wildman–Crippen LogP) is 5.45. The van der Waals surface area contributed by atoms with Gasteiger partial charge in [0, 0.05) is 29.5 Å².